The molecule has 112 valence electrons. The van der Waals surface area contributed by atoms with Gasteiger partial charge in [-0.1, -0.05) is 0 Å². The highest BCUT2D eigenvalue weighted by Gasteiger charge is 2.07. The molecular formula is C14H25N5O. The molecule has 6 nitrogen and oxygen atoms in total. The van der Waals surface area contributed by atoms with Crippen LogP contribution in [0.1, 0.15) is 37.0 Å². The standard InChI is InChI=1S/C14H25N5O/c1-10(2)19(3)7-5-4-6-17-13-8-11(14(16)20)12(15)9-18-13/h8-10H,4-7,15H2,1-3H3,(H2,16,20)(H,17,18). The fourth-order valence-corrected chi connectivity index (χ4v) is 1.74. The van der Waals surface area contributed by atoms with Gasteiger partial charge in [0.05, 0.1) is 17.4 Å². The van der Waals surface area contributed by atoms with Crippen molar-refractivity contribution in [2.24, 2.45) is 5.73 Å². The van der Waals surface area contributed by atoms with E-state index in [1.54, 1.807) is 6.07 Å². The van der Waals surface area contributed by atoms with Gasteiger partial charge in [0.15, 0.2) is 0 Å². The van der Waals surface area contributed by atoms with Gasteiger partial charge in [0.25, 0.3) is 5.91 Å². The number of carbonyl (C=O) groups is 1. The van der Waals surface area contributed by atoms with Gasteiger partial charge in [-0.3, -0.25) is 4.79 Å². The number of hydrogen-bond acceptors (Lipinski definition) is 5. The van der Waals surface area contributed by atoms with Gasteiger partial charge in [0, 0.05) is 12.6 Å². The predicted molar refractivity (Wildman–Crippen MR) is 82.7 cm³/mol. The molecule has 0 aliphatic rings. The highest BCUT2D eigenvalue weighted by Crippen LogP contribution is 2.14. The second-order valence-electron chi connectivity index (χ2n) is 5.23. The predicted octanol–water partition coefficient (Wildman–Crippen LogP) is 1.30. The lowest BCUT2D eigenvalue weighted by atomic mass is 10.2. The van der Waals surface area contributed by atoms with Crippen LogP contribution < -0.4 is 16.8 Å². The Kier molecular flexibility index (Phi) is 6.24. The highest BCUT2D eigenvalue weighted by atomic mass is 16.1. The maximum Gasteiger partial charge on any atom is 0.250 e. The van der Waals surface area contributed by atoms with Crippen LogP contribution in [0, 0.1) is 0 Å². The second-order valence-corrected chi connectivity index (χ2v) is 5.23. The summed E-state index contributed by atoms with van der Waals surface area (Å²) in [6.45, 7) is 6.24. The number of primary amides is 1. The first kappa shape index (κ1) is 16.2. The van der Waals surface area contributed by atoms with E-state index in [0.717, 1.165) is 25.9 Å². The van der Waals surface area contributed by atoms with Crippen molar-refractivity contribution >= 4 is 17.4 Å². The molecule has 0 spiro atoms. The molecule has 1 amide bonds. The Bertz CT molecular complexity index is 447. The van der Waals surface area contributed by atoms with Gasteiger partial charge in [-0.25, -0.2) is 4.98 Å². The van der Waals surface area contributed by atoms with E-state index in [-0.39, 0.29) is 0 Å². The van der Waals surface area contributed by atoms with Crippen molar-refractivity contribution in [3.63, 3.8) is 0 Å². The quantitative estimate of drug-likeness (QED) is 0.623. The van der Waals surface area contributed by atoms with E-state index in [2.05, 4.69) is 36.1 Å². The first-order valence-electron chi connectivity index (χ1n) is 6.91. The molecule has 1 aromatic heterocycles. The van der Waals surface area contributed by atoms with Gasteiger partial charge >= 0.3 is 0 Å². The molecule has 0 aliphatic heterocycles. The molecule has 0 radical (unpaired) electrons. The minimum atomic E-state index is -0.536. The molecule has 0 atom stereocenters. The number of aromatic nitrogens is 1. The Balaban J connectivity index is 2.36. The average Bonchev–Trinajstić information content (AvgIpc) is 2.39. The zero-order valence-corrected chi connectivity index (χ0v) is 12.5. The number of anilines is 2. The summed E-state index contributed by atoms with van der Waals surface area (Å²) < 4.78 is 0. The van der Waals surface area contributed by atoms with Crippen molar-refractivity contribution in [2.45, 2.75) is 32.7 Å². The van der Waals surface area contributed by atoms with Gasteiger partial charge in [-0.2, -0.15) is 0 Å². The number of nitrogens with zero attached hydrogens (tertiary/aromatic N) is 2. The third kappa shape index (κ3) is 5.05. The number of nitrogen functional groups attached to an aromatic ring is 1. The molecule has 0 aliphatic carbocycles. The van der Waals surface area contributed by atoms with E-state index >= 15 is 0 Å². The lowest BCUT2D eigenvalue weighted by molar-refractivity contribution is 0.100. The summed E-state index contributed by atoms with van der Waals surface area (Å²) in [5.41, 5.74) is 11.5. The maximum atomic E-state index is 11.2. The van der Waals surface area contributed by atoms with Gasteiger partial charge in [0.2, 0.25) is 0 Å². The van der Waals surface area contributed by atoms with Crippen molar-refractivity contribution in [2.75, 3.05) is 31.2 Å². The molecule has 0 saturated heterocycles. The molecule has 0 bridgehead atoms. The Hall–Kier alpha value is -1.82. The van der Waals surface area contributed by atoms with Crippen LogP contribution in [0.15, 0.2) is 12.3 Å². The van der Waals surface area contributed by atoms with Crippen LogP contribution >= 0.6 is 0 Å². The van der Waals surface area contributed by atoms with Crippen molar-refractivity contribution < 1.29 is 4.79 Å². The molecule has 0 unspecified atom stereocenters. The smallest absolute Gasteiger partial charge is 0.250 e. The lowest BCUT2D eigenvalue weighted by Gasteiger charge is -2.20. The number of amides is 1. The normalized spacial score (nSPS) is 11.1. The van der Waals surface area contributed by atoms with E-state index in [1.165, 1.54) is 6.20 Å². The third-order valence-electron chi connectivity index (χ3n) is 3.33. The van der Waals surface area contributed by atoms with Crippen molar-refractivity contribution in [3.05, 3.63) is 17.8 Å². The summed E-state index contributed by atoms with van der Waals surface area (Å²) in [5, 5.41) is 3.18. The van der Waals surface area contributed by atoms with Crippen molar-refractivity contribution in [1.82, 2.24) is 9.88 Å². The molecule has 1 rings (SSSR count). The molecule has 0 aromatic carbocycles. The van der Waals surface area contributed by atoms with E-state index in [0.29, 0.717) is 23.1 Å². The van der Waals surface area contributed by atoms with Crippen molar-refractivity contribution in [1.29, 1.82) is 0 Å². The Morgan fingerprint density at radius 1 is 1.45 bits per heavy atom. The SMILES string of the molecule is CC(C)N(C)CCCCNc1cc(C(N)=O)c(N)cn1. The summed E-state index contributed by atoms with van der Waals surface area (Å²) >= 11 is 0. The number of nitrogens with one attached hydrogen (secondary N) is 1. The highest BCUT2D eigenvalue weighted by molar-refractivity contribution is 5.98. The van der Waals surface area contributed by atoms with Gasteiger partial charge < -0.3 is 21.7 Å². The Labute approximate surface area is 120 Å². The average molecular weight is 279 g/mol. The summed E-state index contributed by atoms with van der Waals surface area (Å²) in [5.74, 6) is 0.0942. The van der Waals surface area contributed by atoms with Crippen LogP contribution in [-0.2, 0) is 0 Å². The van der Waals surface area contributed by atoms with E-state index in [4.69, 9.17) is 11.5 Å². The number of carbonyl (C=O) groups excluding carboxylic acids is 1. The zero-order chi connectivity index (χ0) is 15.1. The molecule has 1 heterocycles. The van der Waals surface area contributed by atoms with Gasteiger partial charge in [-0.15, -0.1) is 0 Å². The third-order valence-corrected chi connectivity index (χ3v) is 3.33. The van der Waals surface area contributed by atoms with Crippen LogP contribution in [0.2, 0.25) is 0 Å². The number of hydrogen-bond donors (Lipinski definition) is 3. The Morgan fingerprint density at radius 3 is 2.75 bits per heavy atom. The van der Waals surface area contributed by atoms with E-state index in [9.17, 15) is 4.79 Å². The zero-order valence-electron chi connectivity index (χ0n) is 12.5. The molecular weight excluding hydrogens is 254 g/mol. The fraction of sp³-hybridized carbons (Fsp3) is 0.571. The van der Waals surface area contributed by atoms with Crippen LogP contribution in [0.5, 0.6) is 0 Å². The molecule has 1 aromatic rings. The summed E-state index contributed by atoms with van der Waals surface area (Å²) in [4.78, 5) is 17.6. The van der Waals surface area contributed by atoms with Crippen LogP contribution in [0.3, 0.4) is 0 Å². The van der Waals surface area contributed by atoms with Crippen LogP contribution in [0.25, 0.3) is 0 Å². The monoisotopic (exact) mass is 279 g/mol. The number of nitrogens with two attached hydrogens (primary N) is 2. The van der Waals surface area contributed by atoms with Crippen LogP contribution in [-0.4, -0.2) is 42.0 Å². The molecule has 6 heteroatoms. The van der Waals surface area contributed by atoms with Gasteiger partial charge in [0.1, 0.15) is 5.82 Å². The number of unbranched alkanes of at least 4 members (excludes halogenated alkanes) is 1. The molecule has 0 fully saturated rings. The van der Waals surface area contributed by atoms with Crippen LogP contribution in [0.4, 0.5) is 11.5 Å². The topological polar surface area (TPSA) is 97.3 Å². The molecule has 5 N–H and O–H groups in total. The fourth-order valence-electron chi connectivity index (χ4n) is 1.74. The summed E-state index contributed by atoms with van der Waals surface area (Å²) in [7, 11) is 2.12. The minimum Gasteiger partial charge on any atom is -0.397 e. The Morgan fingerprint density at radius 2 is 2.15 bits per heavy atom. The van der Waals surface area contributed by atoms with Crippen molar-refractivity contribution in [3.8, 4) is 0 Å². The number of rotatable bonds is 8. The second kappa shape index (κ2) is 7.69. The summed E-state index contributed by atoms with van der Waals surface area (Å²) in [6, 6.07) is 2.16. The van der Waals surface area contributed by atoms with E-state index in [1.807, 2.05) is 0 Å². The number of pyridine rings is 1. The molecule has 0 saturated carbocycles. The maximum absolute atomic E-state index is 11.2. The molecule has 20 heavy (non-hydrogen) atoms. The largest absolute Gasteiger partial charge is 0.397 e. The first-order valence-corrected chi connectivity index (χ1v) is 6.91. The summed E-state index contributed by atoms with van der Waals surface area (Å²) in [6.07, 6.45) is 3.60. The first-order chi connectivity index (χ1) is 9.41. The van der Waals surface area contributed by atoms with Gasteiger partial charge in [-0.05, 0) is 46.3 Å². The van der Waals surface area contributed by atoms with E-state index < -0.39 is 5.91 Å². The lowest BCUT2D eigenvalue weighted by Crippen LogP contribution is -2.27. The minimum absolute atomic E-state index is 0.307.